The van der Waals surface area contributed by atoms with Crippen LogP contribution in [0.5, 0.6) is 0 Å². The maximum atomic E-state index is 12.6. The van der Waals surface area contributed by atoms with E-state index in [0.717, 1.165) is 25.5 Å². The second kappa shape index (κ2) is 4.38. The van der Waals surface area contributed by atoms with Gasteiger partial charge in [0.25, 0.3) is 5.56 Å². The van der Waals surface area contributed by atoms with Crippen LogP contribution in [0.2, 0.25) is 0 Å². The van der Waals surface area contributed by atoms with Crippen molar-refractivity contribution in [3.8, 4) is 0 Å². The van der Waals surface area contributed by atoms with E-state index in [-0.39, 0.29) is 5.69 Å². The van der Waals surface area contributed by atoms with E-state index in [1.165, 1.54) is 0 Å². The number of alkyl halides is 3. The first-order valence-electron chi connectivity index (χ1n) is 5.37. The van der Waals surface area contributed by atoms with Crippen LogP contribution in [0.15, 0.2) is 11.0 Å². The van der Waals surface area contributed by atoms with Gasteiger partial charge in [0.15, 0.2) is 0 Å². The molecule has 17 heavy (non-hydrogen) atoms. The number of anilines is 1. The zero-order valence-corrected chi connectivity index (χ0v) is 8.97. The number of aromatic nitrogens is 2. The standard InChI is InChI=1S/C10H12F3N3O/c11-10(12,13)8-7(5-15-16-9(8)17)14-4-6-2-1-3-6/h5-6H,1-4H2,(H2,14,16,17). The summed E-state index contributed by atoms with van der Waals surface area (Å²) in [4.78, 5) is 11.1. The van der Waals surface area contributed by atoms with Crippen LogP contribution in [-0.4, -0.2) is 16.7 Å². The third kappa shape index (κ3) is 2.59. The summed E-state index contributed by atoms with van der Waals surface area (Å²) in [5.41, 5.74) is -2.66. The Morgan fingerprint density at radius 2 is 2.18 bits per heavy atom. The Balaban J connectivity index is 2.20. The highest BCUT2D eigenvalue weighted by Crippen LogP contribution is 2.32. The van der Waals surface area contributed by atoms with Gasteiger partial charge in [0.1, 0.15) is 5.56 Å². The van der Waals surface area contributed by atoms with Crippen LogP contribution in [0.3, 0.4) is 0 Å². The van der Waals surface area contributed by atoms with E-state index >= 15 is 0 Å². The number of hydrogen-bond donors (Lipinski definition) is 2. The molecule has 0 saturated heterocycles. The molecule has 0 unspecified atom stereocenters. The molecule has 1 aromatic rings. The molecule has 1 aliphatic rings. The molecular formula is C10H12F3N3O. The zero-order valence-electron chi connectivity index (χ0n) is 8.97. The van der Waals surface area contributed by atoms with E-state index in [1.54, 1.807) is 5.10 Å². The van der Waals surface area contributed by atoms with E-state index in [0.29, 0.717) is 12.5 Å². The summed E-state index contributed by atoms with van der Waals surface area (Å²) in [5.74, 6) is 0.398. The number of aromatic amines is 1. The zero-order chi connectivity index (χ0) is 12.5. The van der Waals surface area contributed by atoms with E-state index in [1.807, 2.05) is 0 Å². The monoisotopic (exact) mass is 247 g/mol. The quantitative estimate of drug-likeness (QED) is 0.858. The molecule has 0 aliphatic heterocycles. The number of H-pyrrole nitrogens is 1. The van der Waals surface area contributed by atoms with Crippen molar-refractivity contribution < 1.29 is 13.2 Å². The topological polar surface area (TPSA) is 57.8 Å². The van der Waals surface area contributed by atoms with E-state index in [4.69, 9.17) is 0 Å². The largest absolute Gasteiger partial charge is 0.423 e. The fraction of sp³-hybridized carbons (Fsp3) is 0.600. The summed E-state index contributed by atoms with van der Waals surface area (Å²) in [6.45, 7) is 0.453. The second-order valence-corrected chi connectivity index (χ2v) is 4.16. The summed E-state index contributed by atoms with van der Waals surface area (Å²) in [6.07, 6.45) is -0.511. The average Bonchev–Trinajstić information content (AvgIpc) is 2.13. The highest BCUT2D eigenvalue weighted by molar-refractivity contribution is 5.49. The first-order chi connectivity index (χ1) is 7.98. The molecule has 0 amide bonds. The Morgan fingerprint density at radius 1 is 1.47 bits per heavy atom. The molecule has 1 fully saturated rings. The van der Waals surface area contributed by atoms with Crippen LogP contribution in [0.25, 0.3) is 0 Å². The predicted octanol–water partition coefficient (Wildman–Crippen LogP) is 2.00. The smallest absolute Gasteiger partial charge is 0.383 e. The van der Waals surface area contributed by atoms with E-state index < -0.39 is 17.3 Å². The fourth-order valence-corrected chi connectivity index (χ4v) is 1.76. The second-order valence-electron chi connectivity index (χ2n) is 4.16. The highest BCUT2D eigenvalue weighted by Gasteiger charge is 2.37. The minimum Gasteiger partial charge on any atom is -0.383 e. The number of nitrogens with one attached hydrogen (secondary N) is 2. The molecule has 0 atom stereocenters. The Morgan fingerprint density at radius 3 is 2.71 bits per heavy atom. The van der Waals surface area contributed by atoms with Gasteiger partial charge in [-0.25, -0.2) is 5.10 Å². The Kier molecular flexibility index (Phi) is 3.08. The fourth-order valence-electron chi connectivity index (χ4n) is 1.76. The summed E-state index contributed by atoms with van der Waals surface area (Å²) >= 11 is 0. The minimum absolute atomic E-state index is 0.242. The number of rotatable bonds is 3. The summed E-state index contributed by atoms with van der Waals surface area (Å²) in [6, 6.07) is 0. The van der Waals surface area contributed by atoms with Crippen molar-refractivity contribution in [2.75, 3.05) is 11.9 Å². The van der Waals surface area contributed by atoms with Gasteiger partial charge in [-0.1, -0.05) is 6.42 Å². The maximum Gasteiger partial charge on any atom is 0.423 e. The van der Waals surface area contributed by atoms with Gasteiger partial charge in [-0.15, -0.1) is 0 Å². The molecule has 1 aromatic heterocycles. The SMILES string of the molecule is O=c1[nH]ncc(NCC2CCC2)c1C(F)(F)F. The summed E-state index contributed by atoms with van der Waals surface area (Å²) in [7, 11) is 0. The van der Waals surface area contributed by atoms with Gasteiger partial charge < -0.3 is 5.32 Å². The molecule has 0 spiro atoms. The van der Waals surface area contributed by atoms with Crippen LogP contribution < -0.4 is 10.9 Å². The lowest BCUT2D eigenvalue weighted by Gasteiger charge is -2.26. The van der Waals surface area contributed by atoms with Gasteiger partial charge in [0, 0.05) is 6.54 Å². The average molecular weight is 247 g/mol. The van der Waals surface area contributed by atoms with Gasteiger partial charge in [-0.2, -0.15) is 18.3 Å². The molecule has 1 saturated carbocycles. The first kappa shape index (κ1) is 11.9. The van der Waals surface area contributed by atoms with E-state index in [9.17, 15) is 18.0 Å². The first-order valence-corrected chi connectivity index (χ1v) is 5.37. The molecule has 94 valence electrons. The summed E-state index contributed by atoms with van der Waals surface area (Å²) < 4.78 is 37.9. The Labute approximate surface area is 95.2 Å². The lowest BCUT2D eigenvalue weighted by atomic mass is 9.85. The van der Waals surface area contributed by atoms with Crippen molar-refractivity contribution in [2.45, 2.75) is 25.4 Å². The van der Waals surface area contributed by atoms with Gasteiger partial charge in [0.05, 0.1) is 11.9 Å². The third-order valence-corrected chi connectivity index (χ3v) is 2.95. The molecule has 2 N–H and O–H groups in total. The van der Waals surface area contributed by atoms with Crippen LogP contribution in [-0.2, 0) is 6.18 Å². The van der Waals surface area contributed by atoms with Crippen molar-refractivity contribution in [3.63, 3.8) is 0 Å². The van der Waals surface area contributed by atoms with Crippen LogP contribution in [0, 0.1) is 5.92 Å². The van der Waals surface area contributed by atoms with Gasteiger partial charge in [-0.3, -0.25) is 4.79 Å². The minimum atomic E-state index is -4.67. The number of halogens is 3. The molecule has 0 bridgehead atoms. The maximum absolute atomic E-state index is 12.6. The van der Waals surface area contributed by atoms with Crippen molar-refractivity contribution in [2.24, 2.45) is 5.92 Å². The lowest BCUT2D eigenvalue weighted by molar-refractivity contribution is -0.138. The Bertz CT molecular complexity index is 451. The molecular weight excluding hydrogens is 235 g/mol. The molecule has 2 rings (SSSR count). The van der Waals surface area contributed by atoms with E-state index in [2.05, 4.69) is 10.4 Å². The molecule has 7 heteroatoms. The normalized spacial score (nSPS) is 16.6. The van der Waals surface area contributed by atoms with Gasteiger partial charge >= 0.3 is 6.18 Å². The predicted molar refractivity (Wildman–Crippen MR) is 55.7 cm³/mol. The molecule has 0 aromatic carbocycles. The van der Waals surface area contributed by atoms with Crippen molar-refractivity contribution in [1.82, 2.24) is 10.2 Å². The van der Waals surface area contributed by atoms with Crippen molar-refractivity contribution in [1.29, 1.82) is 0 Å². The molecule has 4 nitrogen and oxygen atoms in total. The third-order valence-electron chi connectivity index (χ3n) is 2.95. The highest BCUT2D eigenvalue weighted by atomic mass is 19.4. The van der Waals surface area contributed by atoms with Gasteiger partial charge in [0.2, 0.25) is 0 Å². The Hall–Kier alpha value is -1.53. The number of hydrogen-bond acceptors (Lipinski definition) is 3. The van der Waals surface area contributed by atoms with Crippen LogP contribution in [0.4, 0.5) is 18.9 Å². The van der Waals surface area contributed by atoms with Crippen molar-refractivity contribution in [3.05, 3.63) is 22.1 Å². The van der Waals surface area contributed by atoms with Crippen LogP contribution in [0.1, 0.15) is 24.8 Å². The molecule has 1 aliphatic carbocycles. The van der Waals surface area contributed by atoms with Crippen molar-refractivity contribution >= 4 is 5.69 Å². The number of nitrogens with zero attached hydrogens (tertiary/aromatic N) is 1. The van der Waals surface area contributed by atoms with Crippen LogP contribution >= 0.6 is 0 Å². The lowest BCUT2D eigenvalue weighted by Crippen LogP contribution is -2.27. The van der Waals surface area contributed by atoms with Gasteiger partial charge in [-0.05, 0) is 18.8 Å². The molecule has 0 radical (unpaired) electrons. The molecule has 1 heterocycles. The summed E-state index contributed by atoms with van der Waals surface area (Å²) in [5, 5.41) is 7.84.